The number of likely N-dealkylation sites (tertiary alicyclic amines) is 1. The summed E-state index contributed by atoms with van der Waals surface area (Å²) in [6.07, 6.45) is -6.88. The number of piperidine rings is 1. The lowest BCUT2D eigenvalue weighted by atomic mass is 10.0. The molecular formula is C23H20Cl2F4N2O2. The lowest BCUT2D eigenvalue weighted by molar-refractivity contribution is -0.137. The minimum Gasteiger partial charge on any atom is -0.388 e. The monoisotopic (exact) mass is 502 g/mol. The summed E-state index contributed by atoms with van der Waals surface area (Å²) in [7, 11) is 1.65. The van der Waals surface area contributed by atoms with Crippen LogP contribution in [0.3, 0.4) is 0 Å². The Morgan fingerprint density at radius 2 is 1.91 bits per heavy atom. The number of aliphatic hydroxyl groups is 1. The predicted octanol–water partition coefficient (Wildman–Crippen LogP) is 5.64. The van der Waals surface area contributed by atoms with Gasteiger partial charge in [0.15, 0.2) is 0 Å². The first-order chi connectivity index (χ1) is 15.5. The van der Waals surface area contributed by atoms with Crippen molar-refractivity contribution in [2.45, 2.75) is 31.3 Å². The average molecular weight is 503 g/mol. The number of aliphatic hydroxyl groups excluding tert-OH is 1. The number of alkyl halides is 4. The highest BCUT2D eigenvalue weighted by Crippen LogP contribution is 2.35. The Hall–Kier alpha value is -2.29. The van der Waals surface area contributed by atoms with Crippen LogP contribution in [-0.2, 0) is 19.6 Å². The molecule has 1 unspecified atom stereocenters. The van der Waals surface area contributed by atoms with Crippen molar-refractivity contribution >= 4 is 40.0 Å². The molecule has 0 radical (unpaired) electrons. The van der Waals surface area contributed by atoms with Crippen molar-refractivity contribution in [3.05, 3.63) is 68.8 Å². The molecule has 0 spiro atoms. The van der Waals surface area contributed by atoms with E-state index in [1.807, 2.05) is 0 Å². The van der Waals surface area contributed by atoms with Gasteiger partial charge in [0, 0.05) is 42.8 Å². The number of amides is 1. The zero-order valence-corrected chi connectivity index (χ0v) is 19.0. The number of hydrogen-bond acceptors (Lipinski definition) is 2. The number of β-amino-alcohol motifs (C(OH)–C–C–N with tert-alkyl or cyclic N) is 1. The third-order valence-electron chi connectivity index (χ3n) is 6.03. The van der Waals surface area contributed by atoms with Crippen molar-refractivity contribution in [3.63, 3.8) is 0 Å². The number of halogens is 6. The number of aromatic nitrogens is 1. The van der Waals surface area contributed by atoms with Crippen LogP contribution in [-0.4, -0.2) is 45.8 Å². The van der Waals surface area contributed by atoms with Gasteiger partial charge in [-0.3, -0.25) is 4.79 Å². The molecule has 176 valence electrons. The van der Waals surface area contributed by atoms with Crippen LogP contribution in [0.15, 0.2) is 36.4 Å². The molecule has 2 atom stereocenters. The summed E-state index contributed by atoms with van der Waals surface area (Å²) in [6.45, 7) is 0.00904. The lowest BCUT2D eigenvalue weighted by Crippen LogP contribution is -2.47. The van der Waals surface area contributed by atoms with Gasteiger partial charge in [0.25, 0.3) is 5.91 Å². The van der Waals surface area contributed by atoms with Crippen LogP contribution < -0.4 is 0 Å². The van der Waals surface area contributed by atoms with E-state index in [0.29, 0.717) is 27.2 Å². The maximum atomic E-state index is 13.6. The van der Waals surface area contributed by atoms with Crippen molar-refractivity contribution in [1.82, 2.24) is 9.47 Å². The van der Waals surface area contributed by atoms with Gasteiger partial charge in [-0.15, -0.1) is 0 Å². The summed E-state index contributed by atoms with van der Waals surface area (Å²) in [6, 6.07) is 8.27. The average Bonchev–Trinajstić information content (AvgIpc) is 3.07. The van der Waals surface area contributed by atoms with E-state index in [9.17, 15) is 27.5 Å². The van der Waals surface area contributed by atoms with Crippen molar-refractivity contribution in [3.8, 4) is 0 Å². The van der Waals surface area contributed by atoms with Gasteiger partial charge in [-0.1, -0.05) is 29.3 Å². The topological polar surface area (TPSA) is 45.5 Å². The van der Waals surface area contributed by atoms with E-state index in [-0.39, 0.29) is 36.5 Å². The summed E-state index contributed by atoms with van der Waals surface area (Å²) < 4.78 is 54.5. The fraction of sp³-hybridized carbons (Fsp3) is 0.348. The van der Waals surface area contributed by atoms with Gasteiger partial charge >= 0.3 is 6.18 Å². The first kappa shape index (κ1) is 23.9. The molecule has 0 saturated carbocycles. The second-order valence-corrected chi connectivity index (χ2v) is 8.94. The minimum atomic E-state index is -4.45. The van der Waals surface area contributed by atoms with Gasteiger partial charge in [-0.05, 0) is 47.7 Å². The highest BCUT2D eigenvalue weighted by molar-refractivity contribution is 6.38. The molecule has 2 heterocycles. The molecule has 1 amide bonds. The number of hydrogen-bond donors (Lipinski definition) is 1. The van der Waals surface area contributed by atoms with Gasteiger partial charge in [-0.2, -0.15) is 13.2 Å². The third-order valence-corrected chi connectivity index (χ3v) is 6.82. The molecule has 3 aromatic rings. The van der Waals surface area contributed by atoms with E-state index in [1.54, 1.807) is 17.7 Å². The molecule has 4 rings (SSSR count). The molecule has 1 saturated heterocycles. The Morgan fingerprint density at radius 1 is 1.18 bits per heavy atom. The fourth-order valence-corrected chi connectivity index (χ4v) is 4.68. The predicted molar refractivity (Wildman–Crippen MR) is 119 cm³/mol. The fourth-order valence-electron chi connectivity index (χ4n) is 4.10. The first-order valence-corrected chi connectivity index (χ1v) is 11.0. The second kappa shape index (κ2) is 8.81. The number of rotatable bonds is 3. The molecule has 1 aliphatic rings. The van der Waals surface area contributed by atoms with Gasteiger partial charge in [0.2, 0.25) is 0 Å². The number of nitrogens with zero attached hydrogens (tertiary/aromatic N) is 2. The molecule has 1 N–H and O–H groups in total. The van der Waals surface area contributed by atoms with Crippen LogP contribution in [0.2, 0.25) is 10.0 Å². The van der Waals surface area contributed by atoms with E-state index in [4.69, 9.17) is 23.2 Å². The van der Waals surface area contributed by atoms with E-state index in [2.05, 4.69) is 0 Å². The Bertz CT molecular complexity index is 1230. The molecular weight excluding hydrogens is 483 g/mol. The summed E-state index contributed by atoms with van der Waals surface area (Å²) >= 11 is 12.9. The quantitative estimate of drug-likeness (QED) is 0.471. The molecule has 0 bridgehead atoms. The van der Waals surface area contributed by atoms with Crippen LogP contribution in [0.5, 0.6) is 0 Å². The number of aryl methyl sites for hydroxylation is 1. The van der Waals surface area contributed by atoms with Crippen LogP contribution in [0.25, 0.3) is 10.9 Å². The highest BCUT2D eigenvalue weighted by Gasteiger charge is 2.32. The van der Waals surface area contributed by atoms with Crippen LogP contribution in [0, 0.1) is 0 Å². The zero-order chi connectivity index (χ0) is 24.1. The Kier molecular flexibility index (Phi) is 6.37. The van der Waals surface area contributed by atoms with Crippen molar-refractivity contribution in [2.75, 3.05) is 13.1 Å². The summed E-state index contributed by atoms with van der Waals surface area (Å²) in [5.41, 5.74) is 0.935. The minimum absolute atomic E-state index is 0.0286. The van der Waals surface area contributed by atoms with E-state index in [0.717, 1.165) is 12.1 Å². The normalized spacial score (nSPS) is 19.3. The van der Waals surface area contributed by atoms with E-state index >= 15 is 0 Å². The zero-order valence-electron chi connectivity index (χ0n) is 17.5. The van der Waals surface area contributed by atoms with Crippen molar-refractivity contribution in [1.29, 1.82) is 0 Å². The Balaban J connectivity index is 1.67. The molecule has 10 heteroatoms. The Morgan fingerprint density at radius 3 is 2.58 bits per heavy atom. The van der Waals surface area contributed by atoms with Gasteiger partial charge in [-0.25, -0.2) is 4.39 Å². The number of fused-ring (bicyclic) bond motifs is 1. The molecule has 33 heavy (non-hydrogen) atoms. The Labute approximate surface area is 197 Å². The van der Waals surface area contributed by atoms with Gasteiger partial charge in [0.1, 0.15) is 12.3 Å². The lowest BCUT2D eigenvalue weighted by Gasteiger charge is -2.32. The summed E-state index contributed by atoms with van der Waals surface area (Å²) in [5.74, 6) is -0.448. The highest BCUT2D eigenvalue weighted by atomic mass is 35.5. The summed E-state index contributed by atoms with van der Waals surface area (Å²) in [4.78, 5) is 14.3. The molecule has 1 aromatic heterocycles. The molecule has 4 nitrogen and oxygen atoms in total. The third kappa shape index (κ3) is 4.56. The van der Waals surface area contributed by atoms with E-state index < -0.39 is 29.9 Å². The van der Waals surface area contributed by atoms with Crippen LogP contribution in [0.1, 0.15) is 33.6 Å². The van der Waals surface area contributed by atoms with Crippen molar-refractivity contribution < 1.29 is 27.5 Å². The number of benzene rings is 2. The van der Waals surface area contributed by atoms with E-state index in [1.165, 1.54) is 23.1 Å². The standard InChI is InChI=1S/C23H20Cl2F4N2O2/c1-30-14(8-12-2-3-13(9-19(12)30)23(27,28)29)10-16-17(24)5-4-15(21(16)25)22(33)31-7-6-18(26)20(32)11-31/h2-5,8-9,18,20,32H,6-7,10-11H2,1H3/t18-,20?/m1/s1. The van der Waals surface area contributed by atoms with Crippen LogP contribution >= 0.6 is 23.2 Å². The van der Waals surface area contributed by atoms with Crippen molar-refractivity contribution in [2.24, 2.45) is 7.05 Å². The van der Waals surface area contributed by atoms with Gasteiger partial charge in [0.05, 0.1) is 16.1 Å². The number of carbonyl (C=O) groups is 1. The maximum absolute atomic E-state index is 13.6. The molecule has 0 aliphatic carbocycles. The molecule has 1 aliphatic heterocycles. The van der Waals surface area contributed by atoms with Crippen LogP contribution in [0.4, 0.5) is 17.6 Å². The second-order valence-electron chi connectivity index (χ2n) is 8.15. The molecule has 1 fully saturated rings. The maximum Gasteiger partial charge on any atom is 0.416 e. The first-order valence-electron chi connectivity index (χ1n) is 10.2. The van der Waals surface area contributed by atoms with Gasteiger partial charge < -0.3 is 14.6 Å². The molecule has 2 aromatic carbocycles. The largest absolute Gasteiger partial charge is 0.416 e. The smallest absolute Gasteiger partial charge is 0.388 e. The summed E-state index contributed by atoms with van der Waals surface area (Å²) in [5, 5.41) is 10.8. The SMILES string of the molecule is Cn1c(Cc2c(Cl)ccc(C(=O)N3CC[C@@H](F)C(O)C3)c2Cl)cc2ccc(C(F)(F)F)cc21. The number of carbonyl (C=O) groups excluding carboxylic acids is 1.